The van der Waals surface area contributed by atoms with Gasteiger partial charge in [0, 0.05) is 11.6 Å². The molecule has 4 nitrogen and oxygen atoms in total. The first-order valence-electron chi connectivity index (χ1n) is 5.31. The van der Waals surface area contributed by atoms with Crippen molar-refractivity contribution in [1.82, 2.24) is 4.98 Å². The third kappa shape index (κ3) is 3.74. The fourth-order valence-corrected chi connectivity index (χ4v) is 1.60. The molecule has 0 atom stereocenters. The summed E-state index contributed by atoms with van der Waals surface area (Å²) >= 11 is 8.62. The SMILES string of the molecule is COC(=O)c1cnc(NC(=S)C(C)(C)C)c(Br)c1. The van der Waals surface area contributed by atoms with Crippen LogP contribution in [0.5, 0.6) is 0 Å². The topological polar surface area (TPSA) is 51.2 Å². The standard InChI is InChI=1S/C12H15BrN2O2S/c1-12(2,3)11(18)15-9-8(13)5-7(6-14-9)10(16)17-4/h5-6H,1-4H3,(H,14,15,18). The highest BCUT2D eigenvalue weighted by atomic mass is 79.9. The summed E-state index contributed by atoms with van der Waals surface area (Å²) in [5.41, 5.74) is 0.244. The largest absolute Gasteiger partial charge is 0.465 e. The van der Waals surface area contributed by atoms with Gasteiger partial charge in [-0.25, -0.2) is 9.78 Å². The molecular weight excluding hydrogens is 316 g/mol. The van der Waals surface area contributed by atoms with Crippen LogP contribution in [0.15, 0.2) is 16.7 Å². The molecule has 0 saturated heterocycles. The molecule has 0 aliphatic rings. The number of hydrogen-bond acceptors (Lipinski definition) is 4. The third-order valence-electron chi connectivity index (χ3n) is 2.18. The van der Waals surface area contributed by atoms with E-state index < -0.39 is 5.97 Å². The predicted molar refractivity (Wildman–Crippen MR) is 79.0 cm³/mol. The molecule has 1 aromatic rings. The van der Waals surface area contributed by atoms with Crippen molar-refractivity contribution < 1.29 is 9.53 Å². The van der Waals surface area contributed by atoms with Gasteiger partial charge in [0.15, 0.2) is 0 Å². The van der Waals surface area contributed by atoms with Crippen molar-refractivity contribution >= 4 is 44.9 Å². The summed E-state index contributed by atoms with van der Waals surface area (Å²) in [4.78, 5) is 16.2. The van der Waals surface area contributed by atoms with Gasteiger partial charge in [0.25, 0.3) is 0 Å². The van der Waals surface area contributed by atoms with Crippen LogP contribution in [0.2, 0.25) is 0 Å². The quantitative estimate of drug-likeness (QED) is 0.665. The van der Waals surface area contributed by atoms with Gasteiger partial charge in [0.1, 0.15) is 5.82 Å². The Morgan fingerprint density at radius 3 is 2.56 bits per heavy atom. The lowest BCUT2D eigenvalue weighted by molar-refractivity contribution is 0.0600. The van der Waals surface area contributed by atoms with E-state index in [0.29, 0.717) is 20.8 Å². The van der Waals surface area contributed by atoms with Crippen molar-refractivity contribution in [2.45, 2.75) is 20.8 Å². The molecule has 0 unspecified atom stereocenters. The molecule has 0 fully saturated rings. The molecule has 1 N–H and O–H groups in total. The van der Waals surface area contributed by atoms with E-state index in [-0.39, 0.29) is 5.41 Å². The number of aromatic nitrogens is 1. The van der Waals surface area contributed by atoms with Gasteiger partial charge >= 0.3 is 5.97 Å². The van der Waals surface area contributed by atoms with Gasteiger partial charge in [-0.3, -0.25) is 0 Å². The maximum absolute atomic E-state index is 11.3. The van der Waals surface area contributed by atoms with E-state index in [9.17, 15) is 4.79 Å². The number of carbonyl (C=O) groups is 1. The van der Waals surface area contributed by atoms with Crippen LogP contribution in [-0.4, -0.2) is 23.1 Å². The second-order valence-electron chi connectivity index (χ2n) is 4.75. The summed E-state index contributed by atoms with van der Waals surface area (Å²) in [6.07, 6.45) is 1.45. The van der Waals surface area contributed by atoms with Crippen LogP contribution in [0.1, 0.15) is 31.1 Å². The lowest BCUT2D eigenvalue weighted by atomic mass is 9.97. The molecule has 0 bridgehead atoms. The summed E-state index contributed by atoms with van der Waals surface area (Å²) in [6, 6.07) is 1.65. The minimum atomic E-state index is -0.423. The molecule has 0 spiro atoms. The number of nitrogens with one attached hydrogen (secondary N) is 1. The first kappa shape index (κ1) is 15.0. The van der Waals surface area contributed by atoms with Crippen molar-refractivity contribution in [1.29, 1.82) is 0 Å². The fraction of sp³-hybridized carbons (Fsp3) is 0.417. The van der Waals surface area contributed by atoms with E-state index in [1.165, 1.54) is 13.3 Å². The second-order valence-corrected chi connectivity index (χ2v) is 6.01. The number of esters is 1. The molecule has 0 amide bonds. The molecule has 0 saturated carbocycles. The minimum absolute atomic E-state index is 0.141. The Labute approximate surface area is 120 Å². The number of rotatable bonds is 2. The summed E-state index contributed by atoms with van der Waals surface area (Å²) in [7, 11) is 1.33. The highest BCUT2D eigenvalue weighted by molar-refractivity contribution is 9.10. The zero-order chi connectivity index (χ0) is 13.9. The van der Waals surface area contributed by atoms with Crippen LogP contribution in [0.25, 0.3) is 0 Å². The number of pyridine rings is 1. The second kappa shape index (κ2) is 5.75. The zero-order valence-electron chi connectivity index (χ0n) is 10.7. The number of anilines is 1. The van der Waals surface area contributed by atoms with Crippen LogP contribution in [0.3, 0.4) is 0 Å². The number of halogens is 1. The van der Waals surface area contributed by atoms with Gasteiger partial charge in [-0.1, -0.05) is 33.0 Å². The van der Waals surface area contributed by atoms with Gasteiger partial charge < -0.3 is 10.1 Å². The van der Waals surface area contributed by atoms with Gasteiger partial charge in [-0.2, -0.15) is 0 Å². The summed E-state index contributed by atoms with van der Waals surface area (Å²) in [5.74, 6) is 0.163. The van der Waals surface area contributed by atoms with Gasteiger partial charge in [0.2, 0.25) is 0 Å². The van der Waals surface area contributed by atoms with E-state index in [2.05, 4.69) is 31.0 Å². The molecule has 1 rings (SSSR count). The van der Waals surface area contributed by atoms with Gasteiger partial charge in [0.05, 0.1) is 22.1 Å². The van der Waals surface area contributed by atoms with Crippen molar-refractivity contribution in [3.8, 4) is 0 Å². The summed E-state index contributed by atoms with van der Waals surface area (Å²) in [6.45, 7) is 6.04. The number of carbonyl (C=O) groups excluding carboxylic acids is 1. The molecule has 0 aliphatic heterocycles. The molecule has 1 heterocycles. The minimum Gasteiger partial charge on any atom is -0.465 e. The molecule has 6 heteroatoms. The Morgan fingerprint density at radius 2 is 2.11 bits per heavy atom. The smallest absolute Gasteiger partial charge is 0.339 e. The molecule has 18 heavy (non-hydrogen) atoms. The molecule has 0 aliphatic carbocycles. The monoisotopic (exact) mass is 330 g/mol. The number of methoxy groups -OCH3 is 1. The highest BCUT2D eigenvalue weighted by Crippen LogP contribution is 2.24. The number of hydrogen-bond donors (Lipinski definition) is 1. The van der Waals surface area contributed by atoms with E-state index in [0.717, 1.165) is 0 Å². The third-order valence-corrected chi connectivity index (χ3v) is 3.49. The molecule has 1 aromatic heterocycles. The maximum Gasteiger partial charge on any atom is 0.339 e. The number of ether oxygens (including phenoxy) is 1. The van der Waals surface area contributed by atoms with Gasteiger partial charge in [-0.15, -0.1) is 0 Å². The Kier molecular flexibility index (Phi) is 4.81. The van der Waals surface area contributed by atoms with E-state index in [1.807, 2.05) is 20.8 Å². The average Bonchev–Trinajstić information content (AvgIpc) is 2.29. The Hall–Kier alpha value is -1.01. The number of nitrogens with zero attached hydrogens (tertiary/aromatic N) is 1. The predicted octanol–water partition coefficient (Wildman–Crippen LogP) is 3.42. The van der Waals surface area contributed by atoms with Crippen molar-refractivity contribution in [3.63, 3.8) is 0 Å². The Bertz CT molecular complexity index is 483. The fourth-order valence-electron chi connectivity index (χ4n) is 1.05. The van der Waals surface area contributed by atoms with Crippen LogP contribution < -0.4 is 5.32 Å². The first-order chi connectivity index (χ1) is 8.25. The molecular formula is C12H15BrN2O2S. The first-order valence-corrected chi connectivity index (χ1v) is 6.51. The van der Waals surface area contributed by atoms with Crippen LogP contribution in [0, 0.1) is 5.41 Å². The van der Waals surface area contributed by atoms with Gasteiger partial charge in [-0.05, 0) is 22.0 Å². The van der Waals surface area contributed by atoms with E-state index in [4.69, 9.17) is 12.2 Å². The summed E-state index contributed by atoms with van der Waals surface area (Å²) in [5, 5.41) is 3.06. The van der Waals surface area contributed by atoms with Crippen molar-refractivity contribution in [3.05, 3.63) is 22.3 Å². The normalized spacial score (nSPS) is 10.9. The molecule has 0 radical (unpaired) electrons. The van der Waals surface area contributed by atoms with Crippen LogP contribution >= 0.6 is 28.1 Å². The van der Waals surface area contributed by atoms with E-state index >= 15 is 0 Å². The zero-order valence-corrected chi connectivity index (χ0v) is 13.1. The van der Waals surface area contributed by atoms with Crippen LogP contribution in [-0.2, 0) is 4.74 Å². The molecule has 0 aromatic carbocycles. The Balaban J connectivity index is 2.94. The molecule has 98 valence electrons. The van der Waals surface area contributed by atoms with Crippen molar-refractivity contribution in [2.24, 2.45) is 5.41 Å². The van der Waals surface area contributed by atoms with Crippen LogP contribution in [0.4, 0.5) is 5.82 Å². The maximum atomic E-state index is 11.3. The highest BCUT2D eigenvalue weighted by Gasteiger charge is 2.19. The van der Waals surface area contributed by atoms with E-state index in [1.54, 1.807) is 6.07 Å². The lowest BCUT2D eigenvalue weighted by Gasteiger charge is -2.21. The van der Waals surface area contributed by atoms with Crippen molar-refractivity contribution in [2.75, 3.05) is 12.4 Å². The summed E-state index contributed by atoms with van der Waals surface area (Å²) < 4.78 is 5.28. The average molecular weight is 331 g/mol. The lowest BCUT2D eigenvalue weighted by Crippen LogP contribution is -2.26. The number of thiocarbonyl (C=S) groups is 1. The Morgan fingerprint density at radius 1 is 1.50 bits per heavy atom.